The fourth-order valence-corrected chi connectivity index (χ4v) is 4.19. The number of rotatable bonds is 2. The molecule has 0 bridgehead atoms. The minimum atomic E-state index is -0.0916. The van der Waals surface area contributed by atoms with Crippen LogP contribution in [0.15, 0.2) is 30.3 Å². The fourth-order valence-electron chi connectivity index (χ4n) is 4.19. The second kappa shape index (κ2) is 7.09. The number of fused-ring (bicyclic) bond motifs is 1. The second-order valence-electron chi connectivity index (χ2n) is 7.03. The molecule has 6 heteroatoms. The Kier molecular flexibility index (Phi) is 4.69. The van der Waals surface area contributed by atoms with Gasteiger partial charge in [0.2, 0.25) is 5.91 Å². The van der Waals surface area contributed by atoms with Gasteiger partial charge in [-0.3, -0.25) is 10.2 Å². The van der Waals surface area contributed by atoms with E-state index in [2.05, 4.69) is 50.2 Å². The van der Waals surface area contributed by atoms with E-state index in [9.17, 15) is 4.79 Å². The van der Waals surface area contributed by atoms with Gasteiger partial charge in [-0.25, -0.2) is 5.43 Å². The summed E-state index contributed by atoms with van der Waals surface area (Å²) in [6, 6.07) is 10.8. The molecule has 3 heterocycles. The van der Waals surface area contributed by atoms with Crippen LogP contribution in [0, 0.1) is 5.92 Å². The summed E-state index contributed by atoms with van der Waals surface area (Å²) >= 11 is 0. The highest BCUT2D eigenvalue weighted by molar-refractivity contribution is 5.83. The number of nitrogens with zero attached hydrogens (tertiary/aromatic N) is 2. The zero-order valence-electron chi connectivity index (χ0n) is 14.1. The molecule has 3 saturated heterocycles. The maximum absolute atomic E-state index is 13.0. The molecule has 4 rings (SSSR count). The Morgan fingerprint density at radius 2 is 1.92 bits per heavy atom. The predicted molar refractivity (Wildman–Crippen MR) is 94.7 cm³/mol. The molecule has 0 saturated carbocycles. The van der Waals surface area contributed by atoms with E-state index in [1.54, 1.807) is 0 Å². The van der Waals surface area contributed by atoms with Gasteiger partial charge in [0.05, 0.1) is 0 Å². The lowest BCUT2D eigenvalue weighted by atomic mass is 9.89. The molecule has 1 aromatic rings. The van der Waals surface area contributed by atoms with Gasteiger partial charge in [0.15, 0.2) is 0 Å². The molecule has 3 aliphatic heterocycles. The Hall–Kier alpha value is -1.63. The first-order chi connectivity index (χ1) is 11.8. The molecule has 0 aromatic heterocycles. The molecule has 1 amide bonds. The summed E-state index contributed by atoms with van der Waals surface area (Å²) in [6.45, 7) is 5.53. The summed E-state index contributed by atoms with van der Waals surface area (Å²) in [6.07, 6.45) is 2.11. The molecule has 0 aliphatic carbocycles. The number of anilines is 1. The molecule has 24 heavy (non-hydrogen) atoms. The van der Waals surface area contributed by atoms with Crippen LogP contribution in [0.4, 0.5) is 5.69 Å². The molecule has 6 nitrogen and oxygen atoms in total. The molecule has 3 N–H and O–H groups in total. The van der Waals surface area contributed by atoms with E-state index in [0.717, 1.165) is 52.1 Å². The summed E-state index contributed by atoms with van der Waals surface area (Å²) in [5.41, 5.74) is 7.85. The summed E-state index contributed by atoms with van der Waals surface area (Å²) in [4.78, 5) is 17.5. The topological polar surface area (TPSA) is 59.6 Å². The van der Waals surface area contributed by atoms with Crippen molar-refractivity contribution >= 4 is 11.6 Å². The van der Waals surface area contributed by atoms with Crippen LogP contribution in [0.1, 0.15) is 12.8 Å². The minimum Gasteiger partial charge on any atom is -0.370 e. The summed E-state index contributed by atoms with van der Waals surface area (Å²) in [5, 5.41) is 3.43. The lowest BCUT2D eigenvalue weighted by Gasteiger charge is -2.30. The maximum atomic E-state index is 13.0. The number of hydrazine groups is 1. The Morgan fingerprint density at radius 1 is 1.04 bits per heavy atom. The van der Waals surface area contributed by atoms with Crippen molar-refractivity contribution in [1.29, 1.82) is 0 Å². The van der Waals surface area contributed by atoms with E-state index >= 15 is 0 Å². The number of amides is 1. The molecule has 0 spiro atoms. The van der Waals surface area contributed by atoms with E-state index in [1.165, 1.54) is 5.69 Å². The zero-order chi connectivity index (χ0) is 16.4. The third-order valence-corrected chi connectivity index (χ3v) is 5.58. The monoisotopic (exact) mass is 329 g/mol. The lowest BCUT2D eigenvalue weighted by Crippen LogP contribution is -2.51. The van der Waals surface area contributed by atoms with Gasteiger partial charge in [0.1, 0.15) is 6.04 Å². The van der Waals surface area contributed by atoms with Gasteiger partial charge in [-0.1, -0.05) is 18.2 Å². The molecule has 3 unspecified atom stereocenters. The van der Waals surface area contributed by atoms with Gasteiger partial charge >= 0.3 is 0 Å². The Labute approximate surface area is 143 Å². The molecular weight excluding hydrogens is 302 g/mol. The van der Waals surface area contributed by atoms with Crippen molar-refractivity contribution in [1.82, 2.24) is 21.1 Å². The van der Waals surface area contributed by atoms with Gasteiger partial charge < -0.3 is 15.1 Å². The highest BCUT2D eigenvalue weighted by atomic mass is 16.2. The first-order valence-electron chi connectivity index (χ1n) is 9.13. The third kappa shape index (κ3) is 3.14. The molecule has 3 fully saturated rings. The van der Waals surface area contributed by atoms with Crippen molar-refractivity contribution in [3.63, 3.8) is 0 Å². The molecule has 3 atom stereocenters. The number of piperidine rings is 1. The molecule has 1 aromatic carbocycles. The fraction of sp³-hybridized carbons (Fsp3) is 0.611. The van der Waals surface area contributed by atoms with Crippen LogP contribution in [-0.2, 0) is 4.79 Å². The maximum Gasteiger partial charge on any atom is 0.241 e. The number of carbonyl (C=O) groups excluding carboxylic acids is 1. The highest BCUT2D eigenvalue weighted by Crippen LogP contribution is 2.22. The van der Waals surface area contributed by atoms with Crippen LogP contribution < -0.4 is 21.1 Å². The lowest BCUT2D eigenvalue weighted by molar-refractivity contribution is -0.134. The quantitative estimate of drug-likeness (QED) is 0.723. The first kappa shape index (κ1) is 15.9. The summed E-state index contributed by atoms with van der Waals surface area (Å²) < 4.78 is 0. The first-order valence-corrected chi connectivity index (χ1v) is 9.13. The normalized spacial score (nSPS) is 30.8. The number of benzene rings is 1. The van der Waals surface area contributed by atoms with Crippen LogP contribution >= 0.6 is 0 Å². The molecule has 3 aliphatic rings. The minimum absolute atomic E-state index is 0.0916. The van der Waals surface area contributed by atoms with Crippen molar-refractivity contribution in [2.45, 2.75) is 24.9 Å². The van der Waals surface area contributed by atoms with Crippen molar-refractivity contribution < 1.29 is 4.79 Å². The van der Waals surface area contributed by atoms with Crippen molar-refractivity contribution in [3.8, 4) is 0 Å². The average Bonchev–Trinajstić information content (AvgIpc) is 2.91. The number of hydrogen-bond acceptors (Lipinski definition) is 5. The van der Waals surface area contributed by atoms with Gasteiger partial charge in [0.25, 0.3) is 0 Å². The van der Waals surface area contributed by atoms with Crippen molar-refractivity contribution in [3.05, 3.63) is 30.3 Å². The number of hydrogen-bond donors (Lipinski definition) is 3. The van der Waals surface area contributed by atoms with Crippen LogP contribution in [0.25, 0.3) is 0 Å². The van der Waals surface area contributed by atoms with Crippen molar-refractivity contribution in [2.24, 2.45) is 5.92 Å². The van der Waals surface area contributed by atoms with Crippen LogP contribution in [0.2, 0.25) is 0 Å². The van der Waals surface area contributed by atoms with E-state index < -0.39 is 0 Å². The van der Waals surface area contributed by atoms with Gasteiger partial charge in [0, 0.05) is 50.4 Å². The molecule has 0 radical (unpaired) electrons. The Morgan fingerprint density at radius 3 is 2.79 bits per heavy atom. The van der Waals surface area contributed by atoms with Crippen LogP contribution in [0.5, 0.6) is 0 Å². The standard InChI is InChI=1S/C18H27N5O/c24-18(17-15-13-19-8-7-16(15)20-21-17)23-10-4-9-22(11-12-23)14-5-2-1-3-6-14/h1-3,5-6,15-17,19-21H,4,7-13H2. The number of carbonyl (C=O) groups is 1. The largest absolute Gasteiger partial charge is 0.370 e. The third-order valence-electron chi connectivity index (χ3n) is 5.58. The summed E-state index contributed by atoms with van der Waals surface area (Å²) in [7, 11) is 0. The smallest absolute Gasteiger partial charge is 0.241 e. The predicted octanol–water partition coefficient (Wildman–Crippen LogP) is 0.180. The molecule has 130 valence electrons. The van der Waals surface area contributed by atoms with E-state index in [4.69, 9.17) is 0 Å². The molecular formula is C18H27N5O. The second-order valence-corrected chi connectivity index (χ2v) is 7.03. The van der Waals surface area contributed by atoms with Crippen molar-refractivity contribution in [2.75, 3.05) is 44.2 Å². The Balaban J connectivity index is 1.39. The highest BCUT2D eigenvalue weighted by Gasteiger charge is 2.42. The average molecular weight is 329 g/mol. The van der Waals surface area contributed by atoms with Gasteiger partial charge in [-0.15, -0.1) is 0 Å². The SMILES string of the molecule is O=C(C1NNC2CCNCC21)N1CCCN(c2ccccc2)CC1. The zero-order valence-corrected chi connectivity index (χ0v) is 14.1. The van der Waals surface area contributed by atoms with E-state index in [-0.39, 0.29) is 11.9 Å². The number of para-hydroxylation sites is 1. The van der Waals surface area contributed by atoms with Crippen LogP contribution in [-0.4, -0.2) is 62.2 Å². The van der Waals surface area contributed by atoms with Crippen LogP contribution in [0.3, 0.4) is 0 Å². The summed E-state index contributed by atoms with van der Waals surface area (Å²) in [5.74, 6) is 0.619. The van der Waals surface area contributed by atoms with Gasteiger partial charge in [-0.05, 0) is 31.5 Å². The van der Waals surface area contributed by atoms with E-state index in [0.29, 0.717) is 12.0 Å². The Bertz CT molecular complexity index is 566. The number of nitrogens with one attached hydrogen (secondary N) is 3. The van der Waals surface area contributed by atoms with Gasteiger partial charge in [-0.2, -0.15) is 0 Å². The van der Waals surface area contributed by atoms with E-state index in [1.807, 2.05) is 6.07 Å².